The zero-order chi connectivity index (χ0) is 65.4. The molecule has 2 N–H and O–H groups in total. The number of carbonyl (C=O) groups is 3. The molecule has 9 aromatic rings. The number of nitrogens with zero attached hydrogens (tertiary/aromatic N) is 18. The number of fused-ring (bicyclic) bond motifs is 3. The molecule has 94 heavy (non-hydrogen) atoms. The first-order valence-corrected chi connectivity index (χ1v) is 31.7. The standard InChI is InChI=1S/C22H23F3N6O2.C22H23F3N6O.C21H24N6O2/c23-22(24,25)13-31-17-4-2-1-3-16(17)28-20(31)21(33)30-11-14(12-30)18-19(27-8-7-26-18)29-9-5-15(32)6-10-29;23-22(24,25)14-31-17-7-3-2-6-16(17)28-20(31)21(32)30-12-15(13-30)18-19(27-9-8-26-18)29-10-4-1-5-11-29;1-25-17-5-3-2-4-16(17)24-20(25)21(29)27-12-14(13-27)18-19(23-9-8-22-18)26-10-6-15(28)7-11-26/h1-4,7-8,14-15,32H,5-6,9-13H2;2-3,6-9,15H,1,4-5,10-14H2;2-5,8-9,14-15,28H,6-7,10-13H2,1H3. The molecule has 0 aliphatic carbocycles. The molecule has 6 saturated heterocycles. The normalized spacial score (nSPS) is 18.0. The summed E-state index contributed by atoms with van der Waals surface area (Å²) in [6, 6.07) is 20.7. The number of aliphatic hydroxyl groups is 2. The van der Waals surface area contributed by atoms with Crippen LogP contribution in [0.1, 0.15) is 112 Å². The number of piperidine rings is 3. The smallest absolute Gasteiger partial charge is 0.393 e. The number of hydrogen-bond donors (Lipinski definition) is 2. The van der Waals surface area contributed by atoms with Gasteiger partial charge in [0.2, 0.25) is 11.6 Å². The van der Waals surface area contributed by atoms with Crippen LogP contribution in [-0.2, 0) is 20.1 Å². The van der Waals surface area contributed by atoms with Crippen molar-refractivity contribution in [2.45, 2.75) is 100 Å². The summed E-state index contributed by atoms with van der Waals surface area (Å²) in [6.07, 6.45) is 6.73. The Morgan fingerprint density at radius 3 is 1.10 bits per heavy atom. The maximum Gasteiger partial charge on any atom is 0.406 e. The highest BCUT2D eigenvalue weighted by molar-refractivity contribution is 5.97. The quantitative estimate of drug-likeness (QED) is 0.118. The molecular formula is C65H70F6N18O5. The van der Waals surface area contributed by atoms with Gasteiger partial charge < -0.3 is 53.3 Å². The number of imidazole rings is 3. The summed E-state index contributed by atoms with van der Waals surface area (Å²) in [6.45, 7) is 4.89. The Hall–Kier alpha value is -9.38. The van der Waals surface area contributed by atoms with E-state index in [-0.39, 0.29) is 53.0 Å². The van der Waals surface area contributed by atoms with E-state index in [0.29, 0.717) is 87.6 Å². The number of aryl methyl sites for hydroxylation is 1. The van der Waals surface area contributed by atoms with Crippen LogP contribution in [0, 0.1) is 0 Å². The van der Waals surface area contributed by atoms with E-state index in [1.807, 2.05) is 40.8 Å². The molecule has 29 heteroatoms. The fourth-order valence-electron chi connectivity index (χ4n) is 13.2. The minimum absolute atomic E-state index is 0.00465. The van der Waals surface area contributed by atoms with Crippen LogP contribution < -0.4 is 14.7 Å². The fraction of sp³-hybridized carbons (Fsp3) is 0.446. The number of hydrogen-bond acceptors (Lipinski definition) is 17. The number of rotatable bonds is 11. The highest BCUT2D eigenvalue weighted by Gasteiger charge is 2.43. The molecule has 6 aliphatic heterocycles. The predicted molar refractivity (Wildman–Crippen MR) is 335 cm³/mol. The molecule has 6 aliphatic rings. The Balaban J connectivity index is 0.000000128. The molecule has 0 radical (unpaired) electrons. The van der Waals surface area contributed by atoms with Gasteiger partial charge in [-0.3, -0.25) is 29.3 Å². The lowest BCUT2D eigenvalue weighted by atomic mass is 9.94. The molecule has 23 nitrogen and oxygen atoms in total. The van der Waals surface area contributed by atoms with Gasteiger partial charge in [-0.2, -0.15) is 26.3 Å². The van der Waals surface area contributed by atoms with Gasteiger partial charge in [-0.25, -0.2) is 29.9 Å². The van der Waals surface area contributed by atoms with Crippen LogP contribution >= 0.6 is 0 Å². The topological polar surface area (TPSA) is 242 Å². The zero-order valence-electron chi connectivity index (χ0n) is 51.6. The Morgan fingerprint density at radius 1 is 0.426 bits per heavy atom. The number of carbonyl (C=O) groups excluding carboxylic acids is 3. The second-order valence-electron chi connectivity index (χ2n) is 24.7. The molecule has 492 valence electrons. The average Bonchev–Trinajstić information content (AvgIpc) is 1.39. The van der Waals surface area contributed by atoms with Crippen molar-refractivity contribution in [1.29, 1.82) is 0 Å². The highest BCUT2D eigenvalue weighted by Crippen LogP contribution is 2.38. The van der Waals surface area contributed by atoms with Gasteiger partial charge in [0.15, 0.2) is 23.3 Å². The lowest BCUT2D eigenvalue weighted by Gasteiger charge is -2.40. The highest BCUT2D eigenvalue weighted by atomic mass is 19.4. The molecule has 0 saturated carbocycles. The molecule has 0 atom stereocenters. The number of amides is 3. The number of alkyl halides is 6. The first kappa shape index (κ1) is 63.4. The van der Waals surface area contributed by atoms with Crippen molar-refractivity contribution in [2.24, 2.45) is 7.05 Å². The number of anilines is 3. The van der Waals surface area contributed by atoms with Gasteiger partial charge in [0.1, 0.15) is 13.1 Å². The third-order valence-electron chi connectivity index (χ3n) is 18.3. The third-order valence-corrected chi connectivity index (χ3v) is 18.3. The van der Waals surface area contributed by atoms with Crippen molar-refractivity contribution in [3.05, 3.63) is 145 Å². The summed E-state index contributed by atoms with van der Waals surface area (Å²) in [5.41, 5.74) is 5.65. The third kappa shape index (κ3) is 13.4. The van der Waals surface area contributed by atoms with Crippen molar-refractivity contribution in [3.63, 3.8) is 0 Å². The number of benzene rings is 3. The van der Waals surface area contributed by atoms with Gasteiger partial charge in [0.25, 0.3) is 17.7 Å². The van der Waals surface area contributed by atoms with E-state index in [1.165, 1.54) is 22.3 Å². The predicted octanol–water partition coefficient (Wildman–Crippen LogP) is 7.77. The summed E-state index contributed by atoms with van der Waals surface area (Å²) in [4.78, 5) is 90.7. The molecule has 0 spiro atoms. The van der Waals surface area contributed by atoms with Crippen LogP contribution in [0.5, 0.6) is 0 Å². The molecule has 12 heterocycles. The van der Waals surface area contributed by atoms with E-state index in [0.717, 1.165) is 107 Å². The number of halogens is 6. The molecule has 6 fully saturated rings. The van der Waals surface area contributed by atoms with Crippen LogP contribution in [-0.4, -0.2) is 204 Å². The van der Waals surface area contributed by atoms with Gasteiger partial charge in [0, 0.05) is 141 Å². The monoisotopic (exact) mass is 1300 g/mol. The van der Waals surface area contributed by atoms with E-state index >= 15 is 0 Å². The number of para-hydroxylation sites is 6. The summed E-state index contributed by atoms with van der Waals surface area (Å²) < 4.78 is 83.0. The molecule has 0 bridgehead atoms. The SMILES string of the molecule is Cn1c(C(=O)N2CC(c3nccnc3N3CCC(O)CC3)C2)nc2ccccc21.O=C(c1nc2ccccc2n1CC(F)(F)F)N1CC(c2nccnc2N2CCC(O)CC2)C1.O=C(c1nc2ccccc2n1CC(F)(F)F)N1CC(c2nccnc2N2CCCCC2)C1. The van der Waals surface area contributed by atoms with E-state index in [2.05, 4.69) is 59.6 Å². The Labute approximate surface area is 535 Å². The van der Waals surface area contributed by atoms with Crippen LogP contribution in [0.4, 0.5) is 43.8 Å². The van der Waals surface area contributed by atoms with Crippen molar-refractivity contribution < 1.29 is 50.9 Å². The van der Waals surface area contributed by atoms with Gasteiger partial charge in [-0.1, -0.05) is 36.4 Å². The van der Waals surface area contributed by atoms with Crippen LogP contribution in [0.2, 0.25) is 0 Å². The molecule has 15 rings (SSSR count). The fourth-order valence-corrected chi connectivity index (χ4v) is 13.2. The molecule has 6 aromatic heterocycles. The first-order valence-electron chi connectivity index (χ1n) is 31.7. The molecular weight excluding hydrogens is 1230 g/mol. The van der Waals surface area contributed by atoms with Gasteiger partial charge >= 0.3 is 12.4 Å². The van der Waals surface area contributed by atoms with Crippen LogP contribution in [0.3, 0.4) is 0 Å². The molecule has 0 unspecified atom stereocenters. The maximum absolute atomic E-state index is 13.2. The van der Waals surface area contributed by atoms with Crippen molar-refractivity contribution in [1.82, 2.24) is 73.3 Å². The van der Waals surface area contributed by atoms with E-state index in [4.69, 9.17) is 0 Å². The molecule has 3 amide bonds. The summed E-state index contributed by atoms with van der Waals surface area (Å²) >= 11 is 0. The van der Waals surface area contributed by atoms with Crippen molar-refractivity contribution >= 4 is 68.3 Å². The summed E-state index contributed by atoms with van der Waals surface area (Å²) in [5, 5.41) is 19.5. The van der Waals surface area contributed by atoms with E-state index in [1.54, 1.807) is 79.6 Å². The second kappa shape index (κ2) is 26.6. The maximum atomic E-state index is 13.2. The Kier molecular flexibility index (Phi) is 17.9. The number of aliphatic hydroxyl groups excluding tert-OH is 2. The van der Waals surface area contributed by atoms with Gasteiger partial charge in [-0.15, -0.1) is 0 Å². The van der Waals surface area contributed by atoms with E-state index < -0.39 is 37.3 Å². The average molecular weight is 1300 g/mol. The van der Waals surface area contributed by atoms with Gasteiger partial charge in [-0.05, 0) is 81.3 Å². The summed E-state index contributed by atoms with van der Waals surface area (Å²) in [5.74, 6) is 1.59. The first-order chi connectivity index (χ1) is 45.3. The summed E-state index contributed by atoms with van der Waals surface area (Å²) in [7, 11) is 1.88. The van der Waals surface area contributed by atoms with Crippen LogP contribution in [0.15, 0.2) is 110 Å². The minimum atomic E-state index is -4.48. The number of aromatic nitrogens is 12. The Bertz CT molecular complexity index is 4200. The lowest BCUT2D eigenvalue weighted by Crippen LogP contribution is -2.50. The Morgan fingerprint density at radius 2 is 0.734 bits per heavy atom. The lowest BCUT2D eigenvalue weighted by molar-refractivity contribution is -0.141. The van der Waals surface area contributed by atoms with Gasteiger partial charge in [0.05, 0.1) is 62.4 Å². The minimum Gasteiger partial charge on any atom is -0.393 e. The van der Waals surface area contributed by atoms with Crippen LogP contribution in [0.25, 0.3) is 33.1 Å². The van der Waals surface area contributed by atoms with Crippen molar-refractivity contribution in [2.75, 3.05) is 93.2 Å². The van der Waals surface area contributed by atoms with Crippen molar-refractivity contribution in [3.8, 4) is 0 Å². The van der Waals surface area contributed by atoms with E-state index in [9.17, 15) is 50.9 Å². The zero-order valence-corrected chi connectivity index (χ0v) is 51.6. The molecule has 3 aromatic carbocycles. The second-order valence-corrected chi connectivity index (χ2v) is 24.7. The largest absolute Gasteiger partial charge is 0.406 e. The number of likely N-dealkylation sites (tertiary alicyclic amines) is 3.